The lowest BCUT2D eigenvalue weighted by atomic mass is 9.85. The molecule has 18 heavy (non-hydrogen) atoms. The van der Waals surface area contributed by atoms with E-state index in [4.69, 9.17) is 0 Å². The lowest BCUT2D eigenvalue weighted by Crippen LogP contribution is -2.34. The maximum Gasteiger partial charge on any atom is 0.223 e. The second kappa shape index (κ2) is 4.77. The minimum absolute atomic E-state index is 0.196. The highest BCUT2D eigenvalue weighted by atomic mass is 16.1. The van der Waals surface area contributed by atoms with E-state index in [2.05, 4.69) is 10.3 Å². The number of rotatable bonds is 3. The van der Waals surface area contributed by atoms with Crippen LogP contribution in [0.1, 0.15) is 24.8 Å². The van der Waals surface area contributed by atoms with Gasteiger partial charge in [-0.3, -0.25) is 9.78 Å². The van der Waals surface area contributed by atoms with Crippen molar-refractivity contribution in [3.05, 3.63) is 42.1 Å². The highest BCUT2D eigenvalue weighted by Crippen LogP contribution is 2.26. The quantitative estimate of drug-likeness (QED) is 0.896. The maximum absolute atomic E-state index is 11.8. The number of para-hydroxylation sites is 1. The van der Waals surface area contributed by atoms with Crippen LogP contribution >= 0.6 is 0 Å². The van der Waals surface area contributed by atoms with Crippen molar-refractivity contribution in [3.8, 4) is 0 Å². The molecule has 2 aromatic rings. The number of hydrogen-bond donors (Lipinski definition) is 1. The number of fused-ring (bicyclic) bond motifs is 1. The molecule has 0 bridgehead atoms. The Morgan fingerprint density at radius 1 is 1.28 bits per heavy atom. The van der Waals surface area contributed by atoms with E-state index in [9.17, 15) is 4.79 Å². The first-order chi connectivity index (χ1) is 8.84. The molecule has 0 spiro atoms. The SMILES string of the molecule is O=C(NCc1ccnc2ccccc12)C1CCC1. The van der Waals surface area contributed by atoms with Gasteiger partial charge < -0.3 is 5.32 Å². The normalized spacial score (nSPS) is 15.3. The summed E-state index contributed by atoms with van der Waals surface area (Å²) < 4.78 is 0. The van der Waals surface area contributed by atoms with Crippen LogP contribution < -0.4 is 5.32 Å². The van der Waals surface area contributed by atoms with Crippen LogP contribution in [0, 0.1) is 5.92 Å². The summed E-state index contributed by atoms with van der Waals surface area (Å²) in [5, 5.41) is 4.15. The molecular weight excluding hydrogens is 224 g/mol. The maximum atomic E-state index is 11.8. The number of aromatic nitrogens is 1. The number of pyridine rings is 1. The van der Waals surface area contributed by atoms with Gasteiger partial charge in [0.05, 0.1) is 5.52 Å². The number of nitrogens with zero attached hydrogens (tertiary/aromatic N) is 1. The Bertz CT molecular complexity index is 570. The number of benzene rings is 1. The van der Waals surface area contributed by atoms with Gasteiger partial charge in [0.2, 0.25) is 5.91 Å². The average Bonchev–Trinajstić information content (AvgIpc) is 2.34. The molecule has 0 saturated heterocycles. The number of carbonyl (C=O) groups excluding carboxylic acids is 1. The molecule has 1 aliphatic carbocycles. The number of amides is 1. The van der Waals surface area contributed by atoms with E-state index in [1.165, 1.54) is 6.42 Å². The van der Waals surface area contributed by atoms with Crippen molar-refractivity contribution >= 4 is 16.8 Å². The van der Waals surface area contributed by atoms with E-state index in [0.717, 1.165) is 29.3 Å². The fourth-order valence-electron chi connectivity index (χ4n) is 2.31. The van der Waals surface area contributed by atoms with Crippen molar-refractivity contribution in [1.82, 2.24) is 10.3 Å². The minimum Gasteiger partial charge on any atom is -0.352 e. The molecule has 3 heteroatoms. The van der Waals surface area contributed by atoms with E-state index in [1.54, 1.807) is 6.20 Å². The van der Waals surface area contributed by atoms with Crippen LogP contribution in [0.3, 0.4) is 0 Å². The summed E-state index contributed by atoms with van der Waals surface area (Å²) in [5.74, 6) is 0.445. The first-order valence-electron chi connectivity index (χ1n) is 6.45. The third kappa shape index (κ3) is 2.08. The Morgan fingerprint density at radius 3 is 2.89 bits per heavy atom. The third-order valence-corrected chi connectivity index (χ3v) is 3.67. The molecule has 1 aliphatic rings. The Labute approximate surface area is 106 Å². The van der Waals surface area contributed by atoms with E-state index < -0.39 is 0 Å². The average molecular weight is 240 g/mol. The van der Waals surface area contributed by atoms with Crippen LogP contribution in [0.4, 0.5) is 0 Å². The summed E-state index contributed by atoms with van der Waals surface area (Å²) in [6, 6.07) is 10.00. The summed E-state index contributed by atoms with van der Waals surface area (Å²) in [6.45, 7) is 0.596. The molecule has 1 heterocycles. The van der Waals surface area contributed by atoms with Gasteiger partial charge in [0.15, 0.2) is 0 Å². The van der Waals surface area contributed by atoms with Gasteiger partial charge in [-0.25, -0.2) is 0 Å². The largest absolute Gasteiger partial charge is 0.352 e. The number of hydrogen-bond acceptors (Lipinski definition) is 2. The predicted molar refractivity (Wildman–Crippen MR) is 70.9 cm³/mol. The summed E-state index contributed by atoms with van der Waals surface area (Å²) in [4.78, 5) is 16.1. The summed E-state index contributed by atoms with van der Waals surface area (Å²) in [7, 11) is 0. The van der Waals surface area contributed by atoms with Crippen molar-refractivity contribution in [2.75, 3.05) is 0 Å². The van der Waals surface area contributed by atoms with Crippen molar-refractivity contribution in [2.24, 2.45) is 5.92 Å². The highest BCUT2D eigenvalue weighted by molar-refractivity contribution is 5.83. The number of carbonyl (C=O) groups is 1. The minimum atomic E-state index is 0.196. The van der Waals surface area contributed by atoms with E-state index >= 15 is 0 Å². The molecule has 1 aromatic carbocycles. The standard InChI is InChI=1S/C15H16N2O/c18-15(11-4-3-5-11)17-10-12-8-9-16-14-7-2-1-6-13(12)14/h1-2,6-9,11H,3-5,10H2,(H,17,18). The van der Waals surface area contributed by atoms with Gasteiger partial charge in [-0.05, 0) is 30.5 Å². The van der Waals surface area contributed by atoms with Crippen LogP contribution in [0.2, 0.25) is 0 Å². The first kappa shape index (κ1) is 11.2. The van der Waals surface area contributed by atoms with Gasteiger partial charge in [0.25, 0.3) is 0 Å². The molecule has 1 N–H and O–H groups in total. The first-order valence-corrected chi connectivity index (χ1v) is 6.45. The molecule has 1 amide bonds. The van der Waals surface area contributed by atoms with E-state index in [0.29, 0.717) is 6.54 Å². The zero-order chi connectivity index (χ0) is 12.4. The Hall–Kier alpha value is -1.90. The Kier molecular flexibility index (Phi) is 2.97. The summed E-state index contributed by atoms with van der Waals surface area (Å²) in [6.07, 6.45) is 5.08. The van der Waals surface area contributed by atoms with Crippen LogP contribution in [-0.2, 0) is 11.3 Å². The molecule has 3 nitrogen and oxygen atoms in total. The fraction of sp³-hybridized carbons (Fsp3) is 0.333. The Balaban J connectivity index is 1.76. The lowest BCUT2D eigenvalue weighted by molar-refractivity contribution is -0.127. The zero-order valence-corrected chi connectivity index (χ0v) is 10.2. The molecule has 3 rings (SSSR count). The molecule has 0 unspecified atom stereocenters. The van der Waals surface area contributed by atoms with Crippen LogP contribution in [0.15, 0.2) is 36.5 Å². The summed E-state index contributed by atoms with van der Waals surface area (Å²) >= 11 is 0. The monoisotopic (exact) mass is 240 g/mol. The fourth-order valence-corrected chi connectivity index (χ4v) is 2.31. The Morgan fingerprint density at radius 2 is 2.11 bits per heavy atom. The smallest absolute Gasteiger partial charge is 0.223 e. The molecule has 0 radical (unpaired) electrons. The third-order valence-electron chi connectivity index (χ3n) is 3.67. The van der Waals surface area contributed by atoms with Gasteiger partial charge in [0, 0.05) is 24.0 Å². The lowest BCUT2D eigenvalue weighted by Gasteiger charge is -2.24. The van der Waals surface area contributed by atoms with Crippen LogP contribution in [0.25, 0.3) is 10.9 Å². The van der Waals surface area contributed by atoms with Gasteiger partial charge in [-0.15, -0.1) is 0 Å². The van der Waals surface area contributed by atoms with E-state index in [-0.39, 0.29) is 11.8 Å². The van der Waals surface area contributed by atoms with Crippen molar-refractivity contribution in [2.45, 2.75) is 25.8 Å². The van der Waals surface area contributed by atoms with Gasteiger partial charge in [-0.1, -0.05) is 24.6 Å². The molecule has 1 aromatic heterocycles. The molecular formula is C15H16N2O. The highest BCUT2D eigenvalue weighted by Gasteiger charge is 2.24. The van der Waals surface area contributed by atoms with Crippen LogP contribution in [0.5, 0.6) is 0 Å². The van der Waals surface area contributed by atoms with Crippen molar-refractivity contribution in [3.63, 3.8) is 0 Å². The van der Waals surface area contributed by atoms with Gasteiger partial charge >= 0.3 is 0 Å². The second-order valence-corrected chi connectivity index (χ2v) is 4.83. The molecule has 1 saturated carbocycles. The zero-order valence-electron chi connectivity index (χ0n) is 10.2. The molecule has 92 valence electrons. The molecule has 1 fully saturated rings. The van der Waals surface area contributed by atoms with Crippen molar-refractivity contribution < 1.29 is 4.79 Å². The summed E-state index contributed by atoms with van der Waals surface area (Å²) in [5.41, 5.74) is 2.11. The van der Waals surface area contributed by atoms with Crippen LogP contribution in [-0.4, -0.2) is 10.9 Å². The molecule has 0 atom stereocenters. The van der Waals surface area contributed by atoms with Gasteiger partial charge in [-0.2, -0.15) is 0 Å². The topological polar surface area (TPSA) is 42.0 Å². The second-order valence-electron chi connectivity index (χ2n) is 4.83. The molecule has 0 aliphatic heterocycles. The van der Waals surface area contributed by atoms with E-state index in [1.807, 2.05) is 30.3 Å². The number of nitrogens with one attached hydrogen (secondary N) is 1. The predicted octanol–water partition coefficient (Wildman–Crippen LogP) is 2.65. The van der Waals surface area contributed by atoms with Gasteiger partial charge in [0.1, 0.15) is 0 Å². The van der Waals surface area contributed by atoms with Crippen molar-refractivity contribution in [1.29, 1.82) is 0 Å².